The van der Waals surface area contributed by atoms with Gasteiger partial charge in [0.1, 0.15) is 5.75 Å². The van der Waals surface area contributed by atoms with Crippen LogP contribution in [0.4, 0.5) is 0 Å². The fourth-order valence-electron chi connectivity index (χ4n) is 2.13. The standard InChI is InChI=1S/C14H17NO3/c1-15-14(17)6-3-9-18-13-5-2-4-10-11(13)7-8-12(10)16/h2,4-5H,3,6-9H2,1H3,(H,15,17). The van der Waals surface area contributed by atoms with Gasteiger partial charge in [0.05, 0.1) is 6.61 Å². The number of rotatable bonds is 5. The third-order valence-corrected chi connectivity index (χ3v) is 3.12. The number of hydrogen-bond donors (Lipinski definition) is 1. The number of nitrogens with one attached hydrogen (secondary N) is 1. The van der Waals surface area contributed by atoms with Crippen LogP contribution >= 0.6 is 0 Å². The summed E-state index contributed by atoms with van der Waals surface area (Å²) in [6.07, 6.45) is 2.48. The molecule has 0 bridgehead atoms. The fraction of sp³-hybridized carbons (Fsp3) is 0.429. The Kier molecular flexibility index (Phi) is 3.97. The minimum atomic E-state index is 0.0204. The molecule has 1 aromatic carbocycles. The van der Waals surface area contributed by atoms with Crippen molar-refractivity contribution in [1.29, 1.82) is 0 Å². The zero-order valence-electron chi connectivity index (χ0n) is 10.5. The van der Waals surface area contributed by atoms with Gasteiger partial charge in [-0.2, -0.15) is 0 Å². The van der Waals surface area contributed by atoms with E-state index in [4.69, 9.17) is 4.74 Å². The van der Waals surface area contributed by atoms with Crippen molar-refractivity contribution in [2.24, 2.45) is 0 Å². The first-order valence-corrected chi connectivity index (χ1v) is 6.21. The van der Waals surface area contributed by atoms with Gasteiger partial charge in [0, 0.05) is 31.0 Å². The lowest BCUT2D eigenvalue weighted by Crippen LogP contribution is -2.18. The molecule has 0 aromatic heterocycles. The summed E-state index contributed by atoms with van der Waals surface area (Å²) >= 11 is 0. The number of fused-ring (bicyclic) bond motifs is 1. The van der Waals surface area contributed by atoms with Gasteiger partial charge in [-0.05, 0) is 18.9 Å². The van der Waals surface area contributed by atoms with E-state index in [1.54, 1.807) is 7.05 Å². The Balaban J connectivity index is 1.91. The number of hydrogen-bond acceptors (Lipinski definition) is 3. The molecule has 0 heterocycles. The van der Waals surface area contributed by atoms with Crippen molar-refractivity contribution in [2.75, 3.05) is 13.7 Å². The van der Waals surface area contributed by atoms with Crippen LogP contribution in [-0.4, -0.2) is 25.3 Å². The second-order valence-electron chi connectivity index (χ2n) is 4.33. The van der Waals surface area contributed by atoms with Gasteiger partial charge in [0.15, 0.2) is 5.78 Å². The van der Waals surface area contributed by atoms with Gasteiger partial charge in [0.2, 0.25) is 5.91 Å². The molecule has 1 aliphatic rings. The lowest BCUT2D eigenvalue weighted by Gasteiger charge is -2.09. The second-order valence-corrected chi connectivity index (χ2v) is 4.33. The van der Waals surface area contributed by atoms with Crippen LogP contribution in [0.2, 0.25) is 0 Å². The first kappa shape index (κ1) is 12.6. The minimum absolute atomic E-state index is 0.0204. The highest BCUT2D eigenvalue weighted by Gasteiger charge is 2.22. The van der Waals surface area contributed by atoms with E-state index >= 15 is 0 Å². The summed E-state index contributed by atoms with van der Waals surface area (Å²) in [5.41, 5.74) is 1.81. The van der Waals surface area contributed by atoms with Crippen molar-refractivity contribution >= 4 is 11.7 Å². The van der Waals surface area contributed by atoms with Crippen LogP contribution in [0.15, 0.2) is 18.2 Å². The molecule has 18 heavy (non-hydrogen) atoms. The topological polar surface area (TPSA) is 55.4 Å². The molecule has 4 heteroatoms. The molecule has 0 atom stereocenters. The van der Waals surface area contributed by atoms with Crippen molar-refractivity contribution in [2.45, 2.75) is 25.7 Å². The molecule has 1 aliphatic carbocycles. The van der Waals surface area contributed by atoms with E-state index in [9.17, 15) is 9.59 Å². The molecular formula is C14H17NO3. The number of benzene rings is 1. The van der Waals surface area contributed by atoms with Crippen molar-refractivity contribution in [3.8, 4) is 5.75 Å². The molecule has 1 aromatic rings. The summed E-state index contributed by atoms with van der Waals surface area (Å²) in [6.45, 7) is 0.498. The Morgan fingerprint density at radius 1 is 1.39 bits per heavy atom. The van der Waals surface area contributed by atoms with E-state index in [0.29, 0.717) is 25.9 Å². The highest BCUT2D eigenvalue weighted by atomic mass is 16.5. The summed E-state index contributed by atoms with van der Waals surface area (Å²) in [6, 6.07) is 5.58. The van der Waals surface area contributed by atoms with E-state index in [1.807, 2.05) is 18.2 Å². The van der Waals surface area contributed by atoms with E-state index in [1.165, 1.54) is 0 Å². The van der Waals surface area contributed by atoms with Crippen LogP contribution in [0.5, 0.6) is 5.75 Å². The predicted octanol–water partition coefficient (Wildman–Crippen LogP) is 1.72. The van der Waals surface area contributed by atoms with Crippen molar-refractivity contribution in [3.05, 3.63) is 29.3 Å². The van der Waals surface area contributed by atoms with E-state index in [0.717, 1.165) is 23.3 Å². The maximum absolute atomic E-state index is 11.6. The van der Waals surface area contributed by atoms with Gasteiger partial charge >= 0.3 is 0 Å². The summed E-state index contributed by atoms with van der Waals surface area (Å²) in [7, 11) is 1.62. The number of carbonyl (C=O) groups is 2. The van der Waals surface area contributed by atoms with Crippen LogP contribution in [-0.2, 0) is 11.2 Å². The van der Waals surface area contributed by atoms with Crippen LogP contribution in [0.1, 0.15) is 35.2 Å². The molecule has 1 amide bonds. The summed E-state index contributed by atoms with van der Waals surface area (Å²) in [5.74, 6) is 1.00. The maximum Gasteiger partial charge on any atom is 0.219 e. The van der Waals surface area contributed by atoms with Gasteiger partial charge in [-0.25, -0.2) is 0 Å². The molecule has 1 N–H and O–H groups in total. The highest BCUT2D eigenvalue weighted by molar-refractivity contribution is 6.01. The summed E-state index contributed by atoms with van der Waals surface area (Å²) in [4.78, 5) is 22.6. The first-order chi connectivity index (χ1) is 8.72. The maximum atomic E-state index is 11.6. The molecular weight excluding hydrogens is 230 g/mol. The minimum Gasteiger partial charge on any atom is -0.493 e. The molecule has 0 fully saturated rings. The zero-order valence-corrected chi connectivity index (χ0v) is 10.5. The fourth-order valence-corrected chi connectivity index (χ4v) is 2.13. The average Bonchev–Trinajstić information content (AvgIpc) is 2.77. The molecule has 0 radical (unpaired) electrons. The third-order valence-electron chi connectivity index (χ3n) is 3.12. The van der Waals surface area contributed by atoms with Gasteiger partial charge in [-0.15, -0.1) is 0 Å². The Morgan fingerprint density at radius 3 is 3.00 bits per heavy atom. The molecule has 0 saturated carbocycles. The van der Waals surface area contributed by atoms with Gasteiger partial charge in [-0.1, -0.05) is 12.1 Å². The van der Waals surface area contributed by atoms with Crippen molar-refractivity contribution < 1.29 is 14.3 Å². The van der Waals surface area contributed by atoms with Crippen LogP contribution in [0.25, 0.3) is 0 Å². The molecule has 0 spiro atoms. The van der Waals surface area contributed by atoms with E-state index < -0.39 is 0 Å². The Bertz CT molecular complexity index is 468. The van der Waals surface area contributed by atoms with Gasteiger partial charge < -0.3 is 10.1 Å². The van der Waals surface area contributed by atoms with Crippen molar-refractivity contribution in [3.63, 3.8) is 0 Å². The van der Waals surface area contributed by atoms with Crippen LogP contribution < -0.4 is 10.1 Å². The largest absolute Gasteiger partial charge is 0.493 e. The Labute approximate surface area is 106 Å². The number of ether oxygens (including phenoxy) is 1. The van der Waals surface area contributed by atoms with Crippen LogP contribution in [0, 0.1) is 0 Å². The Hall–Kier alpha value is -1.84. The van der Waals surface area contributed by atoms with E-state index in [-0.39, 0.29) is 11.7 Å². The van der Waals surface area contributed by atoms with E-state index in [2.05, 4.69) is 5.32 Å². The number of amides is 1. The number of carbonyl (C=O) groups excluding carboxylic acids is 2. The van der Waals surface area contributed by atoms with Gasteiger partial charge in [0.25, 0.3) is 0 Å². The summed E-state index contributed by atoms with van der Waals surface area (Å²) in [5, 5.41) is 2.57. The SMILES string of the molecule is CNC(=O)CCCOc1cccc2c1CCC2=O. The molecule has 0 saturated heterocycles. The number of Topliss-reactive ketones (excluding diaryl/α,β-unsaturated/α-hetero) is 1. The lowest BCUT2D eigenvalue weighted by atomic mass is 10.1. The molecule has 2 rings (SSSR count). The van der Waals surface area contributed by atoms with Crippen molar-refractivity contribution in [1.82, 2.24) is 5.32 Å². The quantitative estimate of drug-likeness (QED) is 0.806. The third kappa shape index (κ3) is 2.70. The highest BCUT2D eigenvalue weighted by Crippen LogP contribution is 2.30. The summed E-state index contributed by atoms with van der Waals surface area (Å²) < 4.78 is 5.66. The number of ketones is 1. The predicted molar refractivity (Wildman–Crippen MR) is 67.9 cm³/mol. The normalized spacial score (nSPS) is 13.3. The lowest BCUT2D eigenvalue weighted by molar-refractivity contribution is -0.120. The molecule has 4 nitrogen and oxygen atoms in total. The van der Waals surface area contributed by atoms with Crippen LogP contribution in [0.3, 0.4) is 0 Å². The average molecular weight is 247 g/mol. The van der Waals surface area contributed by atoms with Gasteiger partial charge in [-0.3, -0.25) is 9.59 Å². The molecule has 0 unspecified atom stereocenters. The molecule has 0 aliphatic heterocycles. The molecule has 96 valence electrons. The zero-order chi connectivity index (χ0) is 13.0. The monoisotopic (exact) mass is 247 g/mol. The second kappa shape index (κ2) is 5.67. The first-order valence-electron chi connectivity index (χ1n) is 6.21. The Morgan fingerprint density at radius 2 is 2.22 bits per heavy atom. The smallest absolute Gasteiger partial charge is 0.219 e.